The van der Waals surface area contributed by atoms with E-state index in [0.29, 0.717) is 5.75 Å². The van der Waals surface area contributed by atoms with E-state index in [9.17, 15) is 9.90 Å². The van der Waals surface area contributed by atoms with Gasteiger partial charge in [0.05, 0.1) is 6.54 Å². The van der Waals surface area contributed by atoms with Crippen molar-refractivity contribution in [1.82, 2.24) is 5.06 Å². The molecule has 1 aliphatic heterocycles. The van der Waals surface area contributed by atoms with E-state index in [1.54, 1.807) is 0 Å². The summed E-state index contributed by atoms with van der Waals surface area (Å²) in [6.07, 6.45) is -0.602. The van der Waals surface area contributed by atoms with Crippen molar-refractivity contribution >= 4 is 5.91 Å². The minimum absolute atomic E-state index is 0.0863. The van der Waals surface area contributed by atoms with Crippen LogP contribution in [0.15, 0.2) is 18.2 Å². The van der Waals surface area contributed by atoms with E-state index >= 15 is 0 Å². The molecule has 0 bridgehead atoms. The fourth-order valence-corrected chi connectivity index (χ4v) is 1.72. The van der Waals surface area contributed by atoms with Gasteiger partial charge in [0.1, 0.15) is 18.5 Å². The second-order valence-corrected chi connectivity index (χ2v) is 4.46. The van der Waals surface area contributed by atoms with Gasteiger partial charge in [0.2, 0.25) is 0 Å². The topological polar surface area (TPSA) is 59.0 Å². The Balaban J connectivity index is 1.91. The van der Waals surface area contributed by atoms with Gasteiger partial charge in [-0.1, -0.05) is 12.1 Å². The van der Waals surface area contributed by atoms with E-state index in [1.807, 2.05) is 32.0 Å². The number of aliphatic hydroxyl groups excluding tert-OH is 1. The van der Waals surface area contributed by atoms with Crippen molar-refractivity contribution in [3.05, 3.63) is 29.3 Å². The number of hydrogen-bond donors (Lipinski definition) is 1. The van der Waals surface area contributed by atoms with Gasteiger partial charge in [-0.25, -0.2) is 5.06 Å². The molecule has 98 valence electrons. The molecule has 1 aliphatic rings. The van der Waals surface area contributed by atoms with Gasteiger partial charge in [-0.3, -0.25) is 9.63 Å². The number of hydrogen-bond acceptors (Lipinski definition) is 4. The predicted molar refractivity (Wildman–Crippen MR) is 65.1 cm³/mol. The Kier molecular flexibility index (Phi) is 3.84. The molecule has 5 nitrogen and oxygen atoms in total. The number of β-amino-alcohol motifs (C(OH)–C–C–N with tert-alkyl or cyclic N) is 1. The van der Waals surface area contributed by atoms with Crippen molar-refractivity contribution < 1.29 is 19.5 Å². The van der Waals surface area contributed by atoms with E-state index in [1.165, 1.54) is 0 Å². The zero-order valence-electron chi connectivity index (χ0n) is 10.5. The Hall–Kier alpha value is -1.59. The molecule has 0 saturated carbocycles. The number of benzene rings is 1. The van der Waals surface area contributed by atoms with Crippen LogP contribution in [0.25, 0.3) is 0 Å². The third-order valence-electron chi connectivity index (χ3n) is 2.77. The van der Waals surface area contributed by atoms with E-state index < -0.39 is 6.10 Å². The highest BCUT2D eigenvalue weighted by Gasteiger charge is 2.26. The molecule has 1 atom stereocenters. The van der Waals surface area contributed by atoms with Crippen molar-refractivity contribution in [2.75, 3.05) is 19.8 Å². The standard InChI is InChI=1S/C13H17NO4/c1-9-3-4-10(2)12(5-9)17-8-13(16)14-6-11(15)7-18-14/h3-5,11,15H,6-8H2,1-2H3. The number of carbonyl (C=O) groups excluding carboxylic acids is 1. The molecule has 1 saturated heterocycles. The summed E-state index contributed by atoms with van der Waals surface area (Å²) < 4.78 is 5.47. The number of amides is 1. The molecular weight excluding hydrogens is 234 g/mol. The van der Waals surface area contributed by atoms with Crippen LogP contribution in [0.3, 0.4) is 0 Å². The van der Waals surface area contributed by atoms with Gasteiger partial charge in [0.25, 0.3) is 5.91 Å². The number of aryl methyl sites for hydroxylation is 2. The van der Waals surface area contributed by atoms with Gasteiger partial charge in [0.15, 0.2) is 6.61 Å². The minimum Gasteiger partial charge on any atom is -0.483 e. The van der Waals surface area contributed by atoms with Crippen LogP contribution in [0.2, 0.25) is 0 Å². The Morgan fingerprint density at radius 2 is 2.33 bits per heavy atom. The maximum absolute atomic E-state index is 11.7. The van der Waals surface area contributed by atoms with Crippen molar-refractivity contribution in [1.29, 1.82) is 0 Å². The summed E-state index contributed by atoms with van der Waals surface area (Å²) in [5.41, 5.74) is 2.06. The van der Waals surface area contributed by atoms with Gasteiger partial charge >= 0.3 is 0 Å². The lowest BCUT2D eigenvalue weighted by Gasteiger charge is -2.15. The Morgan fingerprint density at radius 3 is 3.00 bits per heavy atom. The minimum atomic E-state index is -0.602. The average molecular weight is 251 g/mol. The van der Waals surface area contributed by atoms with Gasteiger partial charge in [-0.2, -0.15) is 0 Å². The lowest BCUT2D eigenvalue weighted by atomic mass is 10.1. The van der Waals surface area contributed by atoms with Crippen LogP contribution in [0.5, 0.6) is 5.75 Å². The van der Waals surface area contributed by atoms with Gasteiger partial charge in [0, 0.05) is 0 Å². The van der Waals surface area contributed by atoms with Crippen molar-refractivity contribution in [2.45, 2.75) is 20.0 Å². The van der Waals surface area contributed by atoms with Crippen molar-refractivity contribution in [3.63, 3.8) is 0 Å². The molecule has 1 unspecified atom stereocenters. The summed E-state index contributed by atoms with van der Waals surface area (Å²) in [6, 6.07) is 5.83. The van der Waals surface area contributed by atoms with Crippen LogP contribution < -0.4 is 4.74 Å². The monoisotopic (exact) mass is 251 g/mol. The fourth-order valence-electron chi connectivity index (χ4n) is 1.72. The molecule has 0 aliphatic carbocycles. The molecule has 1 heterocycles. The molecule has 1 fully saturated rings. The number of carbonyl (C=O) groups is 1. The third kappa shape index (κ3) is 3.00. The highest BCUT2D eigenvalue weighted by Crippen LogP contribution is 2.19. The van der Waals surface area contributed by atoms with Crippen LogP contribution in [-0.4, -0.2) is 41.9 Å². The molecule has 0 radical (unpaired) electrons. The number of aliphatic hydroxyl groups is 1. The maximum Gasteiger partial charge on any atom is 0.284 e. The highest BCUT2D eigenvalue weighted by atomic mass is 16.7. The summed E-state index contributed by atoms with van der Waals surface area (Å²) in [5.74, 6) is 0.413. The largest absolute Gasteiger partial charge is 0.483 e. The van der Waals surface area contributed by atoms with Crippen LogP contribution in [-0.2, 0) is 9.63 Å². The smallest absolute Gasteiger partial charge is 0.284 e. The lowest BCUT2D eigenvalue weighted by Crippen LogP contribution is -2.32. The summed E-state index contributed by atoms with van der Waals surface area (Å²) in [4.78, 5) is 16.7. The molecule has 1 aromatic carbocycles. The Bertz CT molecular complexity index is 447. The number of ether oxygens (including phenoxy) is 1. The number of hydroxylamine groups is 2. The summed E-state index contributed by atoms with van der Waals surface area (Å²) in [7, 11) is 0. The fraction of sp³-hybridized carbons (Fsp3) is 0.462. The van der Waals surface area contributed by atoms with Crippen LogP contribution in [0.1, 0.15) is 11.1 Å². The molecular formula is C13H17NO4. The van der Waals surface area contributed by atoms with Crippen LogP contribution in [0.4, 0.5) is 0 Å². The predicted octanol–water partition coefficient (Wildman–Crippen LogP) is 0.817. The van der Waals surface area contributed by atoms with Crippen molar-refractivity contribution in [2.24, 2.45) is 0 Å². The van der Waals surface area contributed by atoms with Crippen LogP contribution in [0, 0.1) is 13.8 Å². The molecule has 1 aromatic rings. The van der Waals surface area contributed by atoms with Gasteiger partial charge in [-0.15, -0.1) is 0 Å². The molecule has 1 amide bonds. The van der Waals surface area contributed by atoms with E-state index in [4.69, 9.17) is 9.57 Å². The number of nitrogens with zero attached hydrogens (tertiary/aromatic N) is 1. The normalized spacial score (nSPS) is 19.1. The second-order valence-electron chi connectivity index (χ2n) is 4.46. The Morgan fingerprint density at radius 1 is 1.56 bits per heavy atom. The second kappa shape index (κ2) is 5.37. The van der Waals surface area contributed by atoms with Gasteiger partial charge in [-0.05, 0) is 31.0 Å². The molecule has 1 N–H and O–H groups in total. The molecule has 18 heavy (non-hydrogen) atoms. The first-order chi connectivity index (χ1) is 8.56. The third-order valence-corrected chi connectivity index (χ3v) is 2.77. The van der Waals surface area contributed by atoms with Gasteiger partial charge < -0.3 is 9.84 Å². The molecule has 0 spiro atoms. The summed E-state index contributed by atoms with van der Waals surface area (Å²) in [6.45, 7) is 4.17. The van der Waals surface area contributed by atoms with E-state index in [2.05, 4.69) is 0 Å². The quantitative estimate of drug-likeness (QED) is 0.864. The summed E-state index contributed by atoms with van der Waals surface area (Å²) >= 11 is 0. The average Bonchev–Trinajstić information content (AvgIpc) is 2.77. The maximum atomic E-state index is 11.7. The molecule has 5 heteroatoms. The lowest BCUT2D eigenvalue weighted by molar-refractivity contribution is -0.170. The van der Waals surface area contributed by atoms with Crippen LogP contribution >= 0.6 is 0 Å². The first-order valence-corrected chi connectivity index (χ1v) is 5.87. The molecule has 2 rings (SSSR count). The zero-order chi connectivity index (χ0) is 13.1. The number of rotatable bonds is 3. The Labute approximate surface area is 106 Å². The zero-order valence-corrected chi connectivity index (χ0v) is 10.5. The SMILES string of the molecule is Cc1ccc(C)c(OCC(=O)N2CC(O)CO2)c1. The first kappa shape index (κ1) is 12.9. The first-order valence-electron chi connectivity index (χ1n) is 5.87. The summed E-state index contributed by atoms with van der Waals surface area (Å²) in [5, 5.41) is 10.4. The molecule has 0 aromatic heterocycles. The highest BCUT2D eigenvalue weighted by molar-refractivity contribution is 5.77. The van der Waals surface area contributed by atoms with E-state index in [0.717, 1.165) is 16.2 Å². The van der Waals surface area contributed by atoms with Crippen molar-refractivity contribution in [3.8, 4) is 5.75 Å². The van der Waals surface area contributed by atoms with E-state index in [-0.39, 0.29) is 25.7 Å².